The molecule has 1 aromatic carbocycles. The van der Waals surface area contributed by atoms with E-state index in [2.05, 4.69) is 75.4 Å². The van der Waals surface area contributed by atoms with Gasteiger partial charge in [-0.05, 0) is 23.6 Å². The maximum absolute atomic E-state index is 5.97. The maximum atomic E-state index is 5.97. The average Bonchev–Trinajstić information content (AvgIpc) is 2.80. The zero-order chi connectivity index (χ0) is 22.8. The fraction of sp³-hybridized carbons (Fsp3) is 0.720. The Hall–Kier alpha value is -0.940. The lowest BCUT2D eigenvalue weighted by molar-refractivity contribution is -0.0284. The van der Waals surface area contributed by atoms with Gasteiger partial charge in [-0.15, -0.1) is 24.0 Å². The molecule has 2 N–H and O–H groups in total. The predicted molar refractivity (Wildman–Crippen MR) is 148 cm³/mol. The molecule has 7 nitrogen and oxygen atoms in total. The molecule has 0 saturated carbocycles. The average molecular weight is 573 g/mol. The Kier molecular flexibility index (Phi) is 13.0. The Balaban J connectivity index is 0.00000385. The summed E-state index contributed by atoms with van der Waals surface area (Å²) in [6, 6.07) is 8.77. The van der Waals surface area contributed by atoms with Crippen molar-refractivity contribution in [2.24, 2.45) is 10.9 Å². The number of nitrogens with one attached hydrogen (secondary N) is 2. The number of hydrogen-bond acceptors (Lipinski definition) is 5. The highest BCUT2D eigenvalue weighted by molar-refractivity contribution is 14.0. The molecule has 33 heavy (non-hydrogen) atoms. The van der Waals surface area contributed by atoms with E-state index < -0.39 is 0 Å². The number of ether oxygens (including phenoxy) is 1. The minimum Gasteiger partial charge on any atom is -0.374 e. The number of benzene rings is 1. The maximum Gasteiger partial charge on any atom is 0.191 e. The van der Waals surface area contributed by atoms with Gasteiger partial charge in [0.1, 0.15) is 0 Å². The molecule has 0 aromatic heterocycles. The minimum absolute atomic E-state index is 0. The van der Waals surface area contributed by atoms with Crippen LogP contribution in [0.15, 0.2) is 29.3 Å². The third-order valence-electron chi connectivity index (χ3n) is 6.44. The summed E-state index contributed by atoms with van der Waals surface area (Å²) >= 11 is 0. The zero-order valence-corrected chi connectivity index (χ0v) is 23.4. The summed E-state index contributed by atoms with van der Waals surface area (Å²) < 4.78 is 5.97. The van der Waals surface area contributed by atoms with Gasteiger partial charge < -0.3 is 20.3 Å². The molecule has 0 amide bonds. The first kappa shape index (κ1) is 28.3. The second kappa shape index (κ2) is 15.1. The van der Waals surface area contributed by atoms with E-state index in [0.29, 0.717) is 5.92 Å². The molecule has 1 atom stereocenters. The molecule has 2 aliphatic heterocycles. The fourth-order valence-corrected chi connectivity index (χ4v) is 4.58. The Morgan fingerprint density at radius 3 is 2.39 bits per heavy atom. The normalized spacial score (nSPS) is 21.1. The van der Waals surface area contributed by atoms with Crippen LogP contribution in [0.1, 0.15) is 31.9 Å². The molecule has 188 valence electrons. The zero-order valence-electron chi connectivity index (χ0n) is 21.1. The van der Waals surface area contributed by atoms with E-state index in [-0.39, 0.29) is 30.1 Å². The van der Waals surface area contributed by atoms with E-state index in [0.717, 1.165) is 71.5 Å². The van der Waals surface area contributed by atoms with Crippen LogP contribution in [0.2, 0.25) is 0 Å². The molecule has 8 heteroatoms. The van der Waals surface area contributed by atoms with Crippen molar-refractivity contribution in [3.8, 4) is 0 Å². The summed E-state index contributed by atoms with van der Waals surface area (Å²) in [5.41, 5.74) is 2.74. The van der Waals surface area contributed by atoms with E-state index in [4.69, 9.17) is 4.74 Å². The number of likely N-dealkylation sites (N-methyl/N-ethyl adjacent to an activating group) is 1. The Bertz CT molecular complexity index is 708. The van der Waals surface area contributed by atoms with Crippen LogP contribution in [-0.4, -0.2) is 99.3 Å². The molecule has 0 spiro atoms. The van der Waals surface area contributed by atoms with Crippen molar-refractivity contribution in [2.45, 2.75) is 40.0 Å². The summed E-state index contributed by atoms with van der Waals surface area (Å²) in [6.07, 6.45) is 0.204. The van der Waals surface area contributed by atoms with Gasteiger partial charge >= 0.3 is 0 Å². The van der Waals surface area contributed by atoms with Gasteiger partial charge in [0.25, 0.3) is 0 Å². The predicted octanol–water partition coefficient (Wildman–Crippen LogP) is 2.46. The highest BCUT2D eigenvalue weighted by Gasteiger charge is 2.21. The summed E-state index contributed by atoms with van der Waals surface area (Å²) in [5.74, 6) is 1.52. The van der Waals surface area contributed by atoms with E-state index in [1.54, 1.807) is 0 Å². The van der Waals surface area contributed by atoms with Crippen LogP contribution in [0.5, 0.6) is 0 Å². The van der Waals surface area contributed by atoms with Crippen LogP contribution in [0.3, 0.4) is 0 Å². The smallest absolute Gasteiger partial charge is 0.191 e. The largest absolute Gasteiger partial charge is 0.374 e. The SMILES string of the molecule is CCN1CCN(Cc2ccccc2CNC(=NC)NCC2CN(CC(C)C)CCO2)CC1.I. The molecule has 2 saturated heterocycles. The first-order valence-corrected chi connectivity index (χ1v) is 12.4. The molecule has 3 rings (SSSR count). The summed E-state index contributed by atoms with van der Waals surface area (Å²) in [6.45, 7) is 19.1. The quantitative estimate of drug-likeness (QED) is 0.270. The lowest BCUT2D eigenvalue weighted by Crippen LogP contribution is -2.50. The van der Waals surface area contributed by atoms with E-state index in [1.165, 1.54) is 24.2 Å². The molecular weight excluding hydrogens is 527 g/mol. The van der Waals surface area contributed by atoms with Crippen LogP contribution in [0.25, 0.3) is 0 Å². The summed E-state index contributed by atoms with van der Waals surface area (Å²) in [7, 11) is 1.83. The van der Waals surface area contributed by atoms with Gasteiger partial charge in [-0.3, -0.25) is 14.8 Å². The van der Waals surface area contributed by atoms with Gasteiger partial charge in [-0.25, -0.2) is 0 Å². The number of nitrogens with zero attached hydrogens (tertiary/aromatic N) is 4. The molecule has 1 unspecified atom stereocenters. The van der Waals surface area contributed by atoms with Crippen LogP contribution >= 0.6 is 24.0 Å². The first-order chi connectivity index (χ1) is 15.6. The van der Waals surface area contributed by atoms with Crippen LogP contribution in [0, 0.1) is 5.92 Å². The minimum atomic E-state index is 0. The monoisotopic (exact) mass is 572 g/mol. The lowest BCUT2D eigenvalue weighted by Gasteiger charge is -2.34. The van der Waals surface area contributed by atoms with Crippen LogP contribution in [-0.2, 0) is 17.8 Å². The summed E-state index contributed by atoms with van der Waals surface area (Å²) in [4.78, 5) is 12.0. The number of halogens is 1. The molecular formula is C25H45IN6O. The van der Waals surface area contributed by atoms with Gasteiger partial charge in [0.05, 0.1) is 12.7 Å². The topological polar surface area (TPSA) is 55.4 Å². The number of guanidine groups is 1. The molecule has 2 aliphatic rings. The number of morpholine rings is 1. The lowest BCUT2D eigenvalue weighted by atomic mass is 10.1. The van der Waals surface area contributed by atoms with E-state index >= 15 is 0 Å². The van der Waals surface area contributed by atoms with Crippen molar-refractivity contribution in [1.29, 1.82) is 0 Å². The first-order valence-electron chi connectivity index (χ1n) is 12.4. The third kappa shape index (κ3) is 9.68. The van der Waals surface area contributed by atoms with Gasteiger partial charge in [0.15, 0.2) is 5.96 Å². The van der Waals surface area contributed by atoms with Crippen molar-refractivity contribution < 1.29 is 4.74 Å². The number of piperazine rings is 1. The van der Waals surface area contributed by atoms with Gasteiger partial charge in [0.2, 0.25) is 0 Å². The van der Waals surface area contributed by atoms with Gasteiger partial charge in [-0.2, -0.15) is 0 Å². The van der Waals surface area contributed by atoms with Crippen molar-refractivity contribution >= 4 is 29.9 Å². The van der Waals surface area contributed by atoms with Crippen molar-refractivity contribution in [3.05, 3.63) is 35.4 Å². The number of rotatable bonds is 9. The second-order valence-electron chi connectivity index (χ2n) is 9.43. The van der Waals surface area contributed by atoms with Crippen molar-refractivity contribution in [1.82, 2.24) is 25.3 Å². The Labute approximate surface area is 218 Å². The number of hydrogen-bond donors (Lipinski definition) is 2. The molecule has 0 bridgehead atoms. The van der Waals surface area contributed by atoms with Gasteiger partial charge in [0, 0.05) is 72.5 Å². The molecule has 1 aromatic rings. The third-order valence-corrected chi connectivity index (χ3v) is 6.44. The highest BCUT2D eigenvalue weighted by Crippen LogP contribution is 2.14. The molecule has 2 heterocycles. The van der Waals surface area contributed by atoms with Crippen LogP contribution < -0.4 is 10.6 Å². The Morgan fingerprint density at radius 1 is 1.03 bits per heavy atom. The van der Waals surface area contributed by atoms with Crippen molar-refractivity contribution in [2.75, 3.05) is 72.6 Å². The number of aliphatic imine (C=N–C) groups is 1. The standard InChI is InChI=1S/C25H44N6O.HI/c1-5-29-10-12-30(13-11-29)19-23-9-7-6-8-22(23)16-27-25(26-4)28-17-24-20-31(14-15-32-24)18-21(2)3;/h6-9,21,24H,5,10-20H2,1-4H3,(H2,26,27,28);1H. The van der Waals surface area contributed by atoms with Gasteiger partial charge in [-0.1, -0.05) is 45.0 Å². The highest BCUT2D eigenvalue weighted by atomic mass is 127. The molecule has 0 aliphatic carbocycles. The molecule has 2 fully saturated rings. The van der Waals surface area contributed by atoms with Crippen molar-refractivity contribution in [3.63, 3.8) is 0 Å². The molecule has 0 radical (unpaired) electrons. The van der Waals surface area contributed by atoms with E-state index in [9.17, 15) is 0 Å². The Morgan fingerprint density at radius 2 is 1.73 bits per heavy atom. The summed E-state index contributed by atoms with van der Waals surface area (Å²) in [5, 5.41) is 6.97. The van der Waals surface area contributed by atoms with E-state index in [1.807, 2.05) is 7.05 Å². The van der Waals surface area contributed by atoms with Crippen LogP contribution in [0.4, 0.5) is 0 Å². The second-order valence-corrected chi connectivity index (χ2v) is 9.43. The fourth-order valence-electron chi connectivity index (χ4n) is 4.58.